The Bertz CT molecular complexity index is 564. The summed E-state index contributed by atoms with van der Waals surface area (Å²) in [4.78, 5) is 18.8. The van der Waals surface area contributed by atoms with Crippen LogP contribution in [-0.2, 0) is 11.3 Å². The fourth-order valence-electron chi connectivity index (χ4n) is 1.53. The third kappa shape index (κ3) is 2.04. The molecule has 0 saturated carbocycles. The van der Waals surface area contributed by atoms with Gasteiger partial charge < -0.3 is 20.1 Å². The number of carbonyl (C=O) groups is 1. The van der Waals surface area contributed by atoms with E-state index < -0.39 is 5.97 Å². The van der Waals surface area contributed by atoms with Crippen LogP contribution < -0.4 is 5.73 Å². The van der Waals surface area contributed by atoms with Gasteiger partial charge in [-0.3, -0.25) is 0 Å². The van der Waals surface area contributed by atoms with Gasteiger partial charge in [-0.2, -0.15) is 0 Å². The molecule has 7 nitrogen and oxygen atoms in total. The Morgan fingerprint density at radius 1 is 1.59 bits per heavy atom. The van der Waals surface area contributed by atoms with E-state index >= 15 is 0 Å². The average molecular weight is 236 g/mol. The number of hydrogen-bond donors (Lipinski definition) is 2. The quantitative estimate of drug-likeness (QED) is 0.794. The van der Waals surface area contributed by atoms with Crippen molar-refractivity contribution in [2.45, 2.75) is 6.54 Å². The molecule has 0 radical (unpaired) electrons. The van der Waals surface area contributed by atoms with Crippen molar-refractivity contribution in [1.29, 1.82) is 0 Å². The standard InChI is InChI=1S/C10H12N4O3/c1-17-5-4-14-3-2-6-9(14)13-8(11)7(12-6)10(15)16/h2-3H,4-5H2,1H3,(H2,11,13)(H,15,16). The minimum absolute atomic E-state index is 0.0811. The number of fused-ring (bicyclic) bond motifs is 1. The first-order valence-electron chi connectivity index (χ1n) is 4.98. The van der Waals surface area contributed by atoms with Crippen LogP contribution >= 0.6 is 0 Å². The zero-order valence-electron chi connectivity index (χ0n) is 9.25. The Kier molecular flexibility index (Phi) is 2.92. The zero-order valence-corrected chi connectivity index (χ0v) is 9.25. The Labute approximate surface area is 96.8 Å². The molecule has 0 amide bonds. The molecule has 2 aromatic heterocycles. The van der Waals surface area contributed by atoms with Crippen molar-refractivity contribution in [3.05, 3.63) is 18.0 Å². The van der Waals surface area contributed by atoms with Gasteiger partial charge >= 0.3 is 5.97 Å². The summed E-state index contributed by atoms with van der Waals surface area (Å²) in [7, 11) is 1.61. The van der Waals surface area contributed by atoms with Gasteiger partial charge in [0.05, 0.1) is 6.61 Å². The number of nitrogen functional groups attached to an aromatic ring is 1. The molecule has 0 aliphatic heterocycles. The molecule has 7 heteroatoms. The van der Waals surface area contributed by atoms with E-state index in [1.165, 1.54) is 0 Å². The van der Waals surface area contributed by atoms with Crippen LogP contribution in [0, 0.1) is 0 Å². The van der Waals surface area contributed by atoms with Gasteiger partial charge in [-0.25, -0.2) is 14.8 Å². The second-order valence-electron chi connectivity index (χ2n) is 3.47. The van der Waals surface area contributed by atoms with Crippen LogP contribution in [0.2, 0.25) is 0 Å². The topological polar surface area (TPSA) is 103 Å². The average Bonchev–Trinajstić information content (AvgIpc) is 2.67. The molecular formula is C10H12N4O3. The van der Waals surface area contributed by atoms with Gasteiger partial charge in [-0.05, 0) is 6.07 Å². The minimum Gasteiger partial charge on any atom is -0.476 e. The summed E-state index contributed by atoms with van der Waals surface area (Å²) < 4.78 is 6.78. The van der Waals surface area contributed by atoms with E-state index in [1.54, 1.807) is 19.4 Å². The van der Waals surface area contributed by atoms with Crippen molar-refractivity contribution in [3.8, 4) is 0 Å². The van der Waals surface area contributed by atoms with Crippen molar-refractivity contribution in [2.75, 3.05) is 19.5 Å². The molecule has 90 valence electrons. The number of nitrogens with two attached hydrogens (primary N) is 1. The highest BCUT2D eigenvalue weighted by Crippen LogP contribution is 2.15. The smallest absolute Gasteiger partial charge is 0.358 e. The highest BCUT2D eigenvalue weighted by atomic mass is 16.5. The van der Waals surface area contributed by atoms with Gasteiger partial charge in [0, 0.05) is 19.9 Å². The Balaban J connectivity index is 2.48. The number of aromatic nitrogens is 3. The molecule has 2 rings (SSSR count). The minimum atomic E-state index is -1.18. The van der Waals surface area contributed by atoms with Crippen molar-refractivity contribution in [3.63, 3.8) is 0 Å². The predicted octanol–water partition coefficient (Wildman–Crippen LogP) is 0.358. The number of aromatic carboxylic acids is 1. The van der Waals surface area contributed by atoms with Crippen LogP contribution in [0.5, 0.6) is 0 Å². The van der Waals surface area contributed by atoms with Crippen LogP contribution in [0.25, 0.3) is 11.2 Å². The summed E-state index contributed by atoms with van der Waals surface area (Å²) in [5.41, 5.74) is 6.39. The third-order valence-electron chi connectivity index (χ3n) is 2.35. The van der Waals surface area contributed by atoms with Gasteiger partial charge in [0.25, 0.3) is 0 Å². The van der Waals surface area contributed by atoms with Crippen LogP contribution in [0.1, 0.15) is 10.5 Å². The number of methoxy groups -OCH3 is 1. The van der Waals surface area contributed by atoms with Crippen LogP contribution in [0.3, 0.4) is 0 Å². The number of hydrogen-bond acceptors (Lipinski definition) is 5. The van der Waals surface area contributed by atoms with Crippen LogP contribution in [-0.4, -0.2) is 39.3 Å². The second-order valence-corrected chi connectivity index (χ2v) is 3.47. The first-order valence-corrected chi connectivity index (χ1v) is 4.98. The van der Waals surface area contributed by atoms with Gasteiger partial charge in [-0.15, -0.1) is 0 Å². The molecule has 0 aliphatic rings. The maximum absolute atomic E-state index is 10.8. The molecule has 3 N–H and O–H groups in total. The van der Waals surface area contributed by atoms with E-state index in [-0.39, 0.29) is 11.5 Å². The van der Waals surface area contributed by atoms with Gasteiger partial charge in [0.15, 0.2) is 17.2 Å². The lowest BCUT2D eigenvalue weighted by Crippen LogP contribution is -2.10. The lowest BCUT2D eigenvalue weighted by molar-refractivity contribution is 0.0692. The van der Waals surface area contributed by atoms with Crippen LogP contribution in [0.15, 0.2) is 12.3 Å². The van der Waals surface area contributed by atoms with E-state index in [4.69, 9.17) is 15.6 Å². The molecule has 0 bridgehead atoms. The molecule has 0 atom stereocenters. The number of carboxylic acids is 1. The molecule has 0 spiro atoms. The monoisotopic (exact) mass is 236 g/mol. The number of nitrogens with zero attached hydrogens (tertiary/aromatic N) is 3. The molecule has 17 heavy (non-hydrogen) atoms. The summed E-state index contributed by atoms with van der Waals surface area (Å²) in [5.74, 6) is -1.26. The maximum Gasteiger partial charge on any atom is 0.358 e. The molecule has 2 aromatic rings. The number of carboxylic acid groups (broad SMARTS) is 1. The highest BCUT2D eigenvalue weighted by molar-refractivity contribution is 5.92. The maximum atomic E-state index is 10.8. The second kappa shape index (κ2) is 4.38. The summed E-state index contributed by atoms with van der Waals surface area (Å²) in [5, 5.41) is 8.86. The Morgan fingerprint density at radius 3 is 3.00 bits per heavy atom. The van der Waals surface area contributed by atoms with E-state index in [2.05, 4.69) is 9.97 Å². The fourth-order valence-corrected chi connectivity index (χ4v) is 1.53. The summed E-state index contributed by atoms with van der Waals surface area (Å²) in [6.45, 7) is 1.15. The van der Waals surface area contributed by atoms with Crippen molar-refractivity contribution in [2.24, 2.45) is 0 Å². The Morgan fingerprint density at radius 2 is 2.35 bits per heavy atom. The molecule has 0 saturated heterocycles. The van der Waals surface area contributed by atoms with Crippen molar-refractivity contribution < 1.29 is 14.6 Å². The van der Waals surface area contributed by atoms with E-state index in [9.17, 15) is 4.79 Å². The number of anilines is 1. The lowest BCUT2D eigenvalue weighted by atomic mass is 10.4. The normalized spacial score (nSPS) is 10.9. The van der Waals surface area contributed by atoms with Crippen molar-refractivity contribution >= 4 is 23.0 Å². The zero-order chi connectivity index (χ0) is 12.4. The Hall–Kier alpha value is -2.15. The van der Waals surface area contributed by atoms with E-state index in [0.717, 1.165) is 0 Å². The largest absolute Gasteiger partial charge is 0.476 e. The molecule has 0 fully saturated rings. The molecule has 2 heterocycles. The van der Waals surface area contributed by atoms with Crippen molar-refractivity contribution in [1.82, 2.24) is 14.5 Å². The van der Waals surface area contributed by atoms with E-state index in [1.807, 2.05) is 4.57 Å². The van der Waals surface area contributed by atoms with Crippen LogP contribution in [0.4, 0.5) is 5.82 Å². The SMILES string of the molecule is COCCn1ccc2nc(C(=O)O)c(N)nc21. The third-order valence-corrected chi connectivity index (χ3v) is 2.35. The predicted molar refractivity (Wildman–Crippen MR) is 60.8 cm³/mol. The van der Waals surface area contributed by atoms with Gasteiger partial charge in [0.1, 0.15) is 5.52 Å². The number of rotatable bonds is 4. The number of ether oxygens (including phenoxy) is 1. The van der Waals surface area contributed by atoms with Gasteiger partial charge in [-0.1, -0.05) is 0 Å². The van der Waals surface area contributed by atoms with Gasteiger partial charge in [0.2, 0.25) is 0 Å². The van der Waals surface area contributed by atoms with E-state index in [0.29, 0.717) is 24.3 Å². The fraction of sp³-hybridized carbons (Fsp3) is 0.300. The molecule has 0 aliphatic carbocycles. The molecule has 0 aromatic carbocycles. The molecule has 0 unspecified atom stereocenters. The highest BCUT2D eigenvalue weighted by Gasteiger charge is 2.14. The lowest BCUT2D eigenvalue weighted by Gasteiger charge is -2.04. The summed E-state index contributed by atoms with van der Waals surface area (Å²) >= 11 is 0. The first-order chi connectivity index (χ1) is 8.13. The summed E-state index contributed by atoms with van der Waals surface area (Å²) in [6, 6.07) is 1.70. The molecular weight excluding hydrogens is 224 g/mol. The first kappa shape index (κ1) is 11.3. The summed E-state index contributed by atoms with van der Waals surface area (Å²) in [6.07, 6.45) is 1.77.